The highest BCUT2D eigenvalue weighted by Crippen LogP contribution is 2.20. The maximum Gasteiger partial charge on any atom is 0.123 e. The van der Waals surface area contributed by atoms with E-state index in [0.717, 1.165) is 9.50 Å². The molecule has 0 spiro atoms. The van der Waals surface area contributed by atoms with Crippen LogP contribution in [0.4, 0.5) is 0 Å². The number of hydrogen-bond acceptors (Lipinski definition) is 3. The highest BCUT2D eigenvalue weighted by Gasteiger charge is 1.95. The van der Waals surface area contributed by atoms with Crippen molar-refractivity contribution in [3.05, 3.63) is 17.1 Å². The van der Waals surface area contributed by atoms with Crippen LogP contribution >= 0.6 is 27.7 Å². The van der Waals surface area contributed by atoms with Gasteiger partial charge in [0, 0.05) is 6.20 Å². The molecule has 0 aliphatic carbocycles. The summed E-state index contributed by atoms with van der Waals surface area (Å²) in [6, 6.07) is 0. The van der Waals surface area contributed by atoms with E-state index in [2.05, 4.69) is 25.9 Å². The van der Waals surface area contributed by atoms with Gasteiger partial charge in [-0.05, 0) is 22.2 Å². The Labute approximate surface area is 66.2 Å². The van der Waals surface area contributed by atoms with Crippen molar-refractivity contribution >= 4 is 27.7 Å². The molecule has 1 aromatic rings. The molecule has 0 N–H and O–H groups in total. The first-order chi connectivity index (χ1) is 4.34. The number of aromatic nitrogens is 2. The summed E-state index contributed by atoms with van der Waals surface area (Å²) in [4.78, 5) is 8.86. The molecular weight excluding hydrogens is 200 g/mol. The summed E-state index contributed by atoms with van der Waals surface area (Å²) in [6.07, 6.45) is 5.29. The molecular formula is C5H5BrN2S. The van der Waals surface area contributed by atoms with Crippen LogP contribution in [0.2, 0.25) is 0 Å². The summed E-state index contributed by atoms with van der Waals surface area (Å²) in [7, 11) is 0. The summed E-state index contributed by atoms with van der Waals surface area (Å²) >= 11 is 4.91. The third-order valence-corrected chi connectivity index (χ3v) is 2.49. The number of halogens is 1. The second-order valence-electron chi connectivity index (χ2n) is 1.38. The third-order valence-electron chi connectivity index (χ3n) is 0.853. The molecule has 0 amide bonds. The maximum atomic E-state index is 3.93. The van der Waals surface area contributed by atoms with Gasteiger partial charge >= 0.3 is 0 Å². The Balaban J connectivity index is 3.01. The SMILES string of the molecule is CSc1cncnc1Br. The zero-order chi connectivity index (χ0) is 6.69. The largest absolute Gasteiger partial charge is 0.244 e. The smallest absolute Gasteiger partial charge is 0.123 e. The molecule has 9 heavy (non-hydrogen) atoms. The molecule has 1 rings (SSSR count). The zero-order valence-corrected chi connectivity index (χ0v) is 7.24. The van der Waals surface area contributed by atoms with Gasteiger partial charge in [0.15, 0.2) is 0 Å². The van der Waals surface area contributed by atoms with Crippen LogP contribution in [0.3, 0.4) is 0 Å². The molecule has 1 aromatic heterocycles. The van der Waals surface area contributed by atoms with Crippen LogP contribution in [0.5, 0.6) is 0 Å². The molecule has 0 fully saturated rings. The molecule has 0 atom stereocenters. The lowest BCUT2D eigenvalue weighted by atomic mass is 10.7. The first kappa shape index (κ1) is 7.02. The molecule has 0 bridgehead atoms. The van der Waals surface area contributed by atoms with Gasteiger partial charge in [-0.2, -0.15) is 0 Å². The molecule has 0 aromatic carbocycles. The highest BCUT2D eigenvalue weighted by atomic mass is 79.9. The molecule has 0 radical (unpaired) electrons. The van der Waals surface area contributed by atoms with E-state index in [0.29, 0.717) is 0 Å². The van der Waals surface area contributed by atoms with E-state index in [4.69, 9.17) is 0 Å². The predicted molar refractivity (Wildman–Crippen MR) is 41.5 cm³/mol. The number of rotatable bonds is 1. The quantitative estimate of drug-likeness (QED) is 0.517. The minimum Gasteiger partial charge on any atom is -0.244 e. The second-order valence-corrected chi connectivity index (χ2v) is 2.98. The summed E-state index contributed by atoms with van der Waals surface area (Å²) in [6.45, 7) is 0. The van der Waals surface area contributed by atoms with Crippen molar-refractivity contribution < 1.29 is 0 Å². The fourth-order valence-corrected chi connectivity index (χ4v) is 1.51. The minimum atomic E-state index is 0.866. The Hall–Kier alpha value is -0.0900. The van der Waals surface area contributed by atoms with E-state index in [9.17, 15) is 0 Å². The van der Waals surface area contributed by atoms with Crippen molar-refractivity contribution in [3.63, 3.8) is 0 Å². The van der Waals surface area contributed by atoms with Crippen LogP contribution in [0, 0.1) is 0 Å². The Kier molecular flexibility index (Phi) is 2.48. The summed E-state index contributed by atoms with van der Waals surface area (Å²) in [5.41, 5.74) is 0. The van der Waals surface area contributed by atoms with Crippen molar-refractivity contribution in [1.29, 1.82) is 0 Å². The minimum absolute atomic E-state index is 0.866. The molecule has 0 aliphatic rings. The Bertz CT molecular complexity index is 204. The molecule has 4 heteroatoms. The van der Waals surface area contributed by atoms with Crippen molar-refractivity contribution in [3.8, 4) is 0 Å². The van der Waals surface area contributed by atoms with E-state index in [1.807, 2.05) is 6.26 Å². The standard InChI is InChI=1S/C5H5BrN2S/c1-9-4-2-7-3-8-5(4)6/h2-3H,1H3. The zero-order valence-electron chi connectivity index (χ0n) is 4.84. The molecule has 0 saturated heterocycles. The van der Waals surface area contributed by atoms with Crippen molar-refractivity contribution in [2.24, 2.45) is 0 Å². The molecule has 2 nitrogen and oxygen atoms in total. The third kappa shape index (κ3) is 1.66. The van der Waals surface area contributed by atoms with Gasteiger partial charge in [-0.3, -0.25) is 0 Å². The first-order valence-electron chi connectivity index (χ1n) is 2.34. The Morgan fingerprint density at radius 3 is 2.89 bits per heavy atom. The monoisotopic (exact) mass is 204 g/mol. The van der Waals surface area contributed by atoms with E-state index >= 15 is 0 Å². The highest BCUT2D eigenvalue weighted by molar-refractivity contribution is 9.10. The van der Waals surface area contributed by atoms with Gasteiger partial charge in [0.05, 0.1) is 4.90 Å². The van der Waals surface area contributed by atoms with Gasteiger partial charge < -0.3 is 0 Å². The number of thioether (sulfide) groups is 1. The lowest BCUT2D eigenvalue weighted by molar-refractivity contribution is 1.06. The maximum absolute atomic E-state index is 3.93. The van der Waals surface area contributed by atoms with E-state index in [1.165, 1.54) is 6.33 Å². The van der Waals surface area contributed by atoms with Crippen LogP contribution in [0.15, 0.2) is 22.0 Å². The van der Waals surface area contributed by atoms with Gasteiger partial charge in [0.1, 0.15) is 10.9 Å². The molecule has 0 unspecified atom stereocenters. The Morgan fingerprint density at radius 2 is 2.44 bits per heavy atom. The van der Waals surface area contributed by atoms with Crippen LogP contribution in [0.1, 0.15) is 0 Å². The van der Waals surface area contributed by atoms with Crippen LogP contribution in [-0.2, 0) is 0 Å². The van der Waals surface area contributed by atoms with Gasteiger partial charge in [0.25, 0.3) is 0 Å². The number of nitrogens with zero attached hydrogens (tertiary/aromatic N) is 2. The first-order valence-corrected chi connectivity index (χ1v) is 4.36. The topological polar surface area (TPSA) is 25.8 Å². The van der Waals surface area contributed by atoms with E-state index in [1.54, 1.807) is 18.0 Å². The van der Waals surface area contributed by atoms with Crippen LogP contribution in [0.25, 0.3) is 0 Å². The second kappa shape index (κ2) is 3.17. The normalized spacial score (nSPS) is 9.56. The average Bonchev–Trinajstić information content (AvgIpc) is 1.89. The lowest BCUT2D eigenvalue weighted by Crippen LogP contribution is -1.80. The summed E-state index contributed by atoms with van der Waals surface area (Å²) in [5, 5.41) is 0. The fourth-order valence-electron chi connectivity index (χ4n) is 0.439. The number of hydrogen-bond donors (Lipinski definition) is 0. The van der Waals surface area contributed by atoms with Crippen LogP contribution < -0.4 is 0 Å². The van der Waals surface area contributed by atoms with E-state index in [-0.39, 0.29) is 0 Å². The fraction of sp³-hybridized carbons (Fsp3) is 0.200. The van der Waals surface area contributed by atoms with Gasteiger partial charge in [-0.25, -0.2) is 9.97 Å². The lowest BCUT2D eigenvalue weighted by Gasteiger charge is -1.94. The summed E-state index contributed by atoms with van der Waals surface area (Å²) < 4.78 is 0.866. The molecule has 48 valence electrons. The molecule has 0 aliphatic heterocycles. The Morgan fingerprint density at radius 1 is 1.67 bits per heavy atom. The molecule has 0 saturated carbocycles. The van der Waals surface area contributed by atoms with Crippen LogP contribution in [-0.4, -0.2) is 16.2 Å². The van der Waals surface area contributed by atoms with Crippen molar-refractivity contribution in [2.75, 3.05) is 6.26 Å². The van der Waals surface area contributed by atoms with Crippen molar-refractivity contribution in [1.82, 2.24) is 9.97 Å². The van der Waals surface area contributed by atoms with Crippen molar-refractivity contribution in [2.45, 2.75) is 4.90 Å². The van der Waals surface area contributed by atoms with Gasteiger partial charge in [-0.15, -0.1) is 11.8 Å². The van der Waals surface area contributed by atoms with Gasteiger partial charge in [-0.1, -0.05) is 0 Å². The van der Waals surface area contributed by atoms with Gasteiger partial charge in [0.2, 0.25) is 0 Å². The summed E-state index contributed by atoms with van der Waals surface area (Å²) in [5.74, 6) is 0. The predicted octanol–water partition coefficient (Wildman–Crippen LogP) is 1.96. The van der Waals surface area contributed by atoms with E-state index < -0.39 is 0 Å². The molecule has 1 heterocycles. The average molecular weight is 205 g/mol.